The zero-order valence-corrected chi connectivity index (χ0v) is 15.9. The average Bonchev–Trinajstić information content (AvgIpc) is 2.68. The molecule has 2 saturated carbocycles. The van der Waals surface area contributed by atoms with Crippen molar-refractivity contribution in [3.63, 3.8) is 0 Å². The molecule has 0 heterocycles. The van der Waals surface area contributed by atoms with Gasteiger partial charge in [-0.2, -0.15) is 13.2 Å². The van der Waals surface area contributed by atoms with Gasteiger partial charge in [-0.1, -0.05) is 24.3 Å². The van der Waals surface area contributed by atoms with Crippen LogP contribution in [0.4, 0.5) is 17.6 Å². The maximum atomic E-state index is 12.7. The molecule has 0 unspecified atom stereocenters. The van der Waals surface area contributed by atoms with Crippen LogP contribution in [0.2, 0.25) is 0 Å². The summed E-state index contributed by atoms with van der Waals surface area (Å²) in [6, 6.07) is 5.78. The minimum atomic E-state index is -4.25. The Labute approximate surface area is 160 Å². The summed E-state index contributed by atoms with van der Waals surface area (Å²) in [5.74, 6) is 2.59. The smallest absolute Gasteiger partial charge is 0.251 e. The van der Waals surface area contributed by atoms with Gasteiger partial charge in [0.05, 0.1) is 12.2 Å². The maximum Gasteiger partial charge on any atom is 0.416 e. The Morgan fingerprint density at radius 3 is 1.89 bits per heavy atom. The van der Waals surface area contributed by atoms with Gasteiger partial charge in [0.25, 0.3) is 0 Å². The zero-order valence-electron chi connectivity index (χ0n) is 15.9. The second kappa shape index (κ2) is 9.25. The van der Waals surface area contributed by atoms with E-state index in [1.807, 2.05) is 6.08 Å². The van der Waals surface area contributed by atoms with Gasteiger partial charge < -0.3 is 0 Å². The molecular formula is C23H30F4. The third-order valence-electron chi connectivity index (χ3n) is 6.65. The average molecular weight is 382 g/mol. The Bertz CT molecular complexity index is 586. The summed E-state index contributed by atoms with van der Waals surface area (Å²) in [7, 11) is 0. The van der Waals surface area contributed by atoms with Gasteiger partial charge in [0.2, 0.25) is 0 Å². The Hall–Kier alpha value is -1.32. The van der Waals surface area contributed by atoms with Crippen LogP contribution in [0.5, 0.6) is 0 Å². The monoisotopic (exact) mass is 382 g/mol. The molecule has 3 rings (SSSR count). The lowest BCUT2D eigenvalue weighted by atomic mass is 9.68. The van der Waals surface area contributed by atoms with Crippen molar-refractivity contribution in [2.45, 2.75) is 69.9 Å². The molecule has 2 fully saturated rings. The fourth-order valence-electron chi connectivity index (χ4n) is 5.03. The van der Waals surface area contributed by atoms with E-state index in [1.54, 1.807) is 12.1 Å². The molecule has 27 heavy (non-hydrogen) atoms. The predicted octanol–water partition coefficient (Wildman–Crippen LogP) is 7.70. The topological polar surface area (TPSA) is 0 Å². The van der Waals surface area contributed by atoms with Crippen LogP contribution in [0.25, 0.3) is 0 Å². The van der Waals surface area contributed by atoms with E-state index in [-0.39, 0.29) is 6.67 Å². The van der Waals surface area contributed by atoms with Crippen LogP contribution in [-0.2, 0) is 6.18 Å². The van der Waals surface area contributed by atoms with Crippen molar-refractivity contribution in [3.8, 4) is 0 Å². The molecule has 150 valence electrons. The molecule has 0 atom stereocenters. The van der Waals surface area contributed by atoms with Gasteiger partial charge in [0.1, 0.15) is 0 Å². The number of halogens is 4. The highest BCUT2D eigenvalue weighted by Crippen LogP contribution is 2.44. The maximum absolute atomic E-state index is 12.7. The largest absolute Gasteiger partial charge is 0.416 e. The highest BCUT2D eigenvalue weighted by atomic mass is 19.4. The lowest BCUT2D eigenvalue weighted by molar-refractivity contribution is -0.137. The number of hydrogen-bond acceptors (Lipinski definition) is 0. The van der Waals surface area contributed by atoms with Crippen molar-refractivity contribution in [3.05, 3.63) is 47.5 Å². The van der Waals surface area contributed by atoms with E-state index in [9.17, 15) is 17.6 Å². The van der Waals surface area contributed by atoms with E-state index in [2.05, 4.69) is 6.08 Å². The molecule has 0 nitrogen and oxygen atoms in total. The summed E-state index contributed by atoms with van der Waals surface area (Å²) >= 11 is 0. The van der Waals surface area contributed by atoms with Gasteiger partial charge in [-0.3, -0.25) is 4.39 Å². The quantitative estimate of drug-likeness (QED) is 0.361. The van der Waals surface area contributed by atoms with Gasteiger partial charge in [-0.05, 0) is 99.2 Å². The van der Waals surface area contributed by atoms with Crippen LogP contribution in [0, 0.1) is 17.8 Å². The van der Waals surface area contributed by atoms with E-state index in [0.717, 1.165) is 30.2 Å². The normalized spacial score (nSPS) is 29.9. The van der Waals surface area contributed by atoms with E-state index < -0.39 is 11.7 Å². The third-order valence-corrected chi connectivity index (χ3v) is 6.65. The van der Waals surface area contributed by atoms with E-state index in [4.69, 9.17) is 0 Å². The summed E-state index contributed by atoms with van der Waals surface area (Å²) in [5, 5.41) is 0. The van der Waals surface area contributed by atoms with Crippen LogP contribution in [0.15, 0.2) is 36.4 Å². The fraction of sp³-hybridized carbons (Fsp3) is 0.652. The minimum Gasteiger partial charge on any atom is -0.251 e. The molecule has 0 aliphatic heterocycles. The first-order valence-corrected chi connectivity index (χ1v) is 10.4. The lowest BCUT2D eigenvalue weighted by Gasteiger charge is -2.37. The van der Waals surface area contributed by atoms with Crippen molar-refractivity contribution >= 4 is 0 Å². The molecule has 1 aromatic rings. The van der Waals surface area contributed by atoms with Crippen LogP contribution in [-0.4, -0.2) is 6.67 Å². The van der Waals surface area contributed by atoms with Crippen molar-refractivity contribution in [1.82, 2.24) is 0 Å². The van der Waals surface area contributed by atoms with Crippen LogP contribution in [0.1, 0.15) is 74.8 Å². The molecule has 0 N–H and O–H groups in total. The third kappa shape index (κ3) is 5.58. The standard InChI is InChI=1S/C23H30F4/c24-16-2-1-3-17-4-6-18(7-5-17)19-8-10-20(11-9-19)21-12-14-22(15-13-21)23(25,26)27/h1,3,12-15,17-20H,2,4-11,16H2/b3-1+. The van der Waals surface area contributed by atoms with Crippen LogP contribution in [0.3, 0.4) is 0 Å². The van der Waals surface area contributed by atoms with Gasteiger partial charge in [-0.25, -0.2) is 0 Å². The van der Waals surface area contributed by atoms with Crippen LogP contribution >= 0.6 is 0 Å². The van der Waals surface area contributed by atoms with Crippen molar-refractivity contribution < 1.29 is 17.6 Å². The molecular weight excluding hydrogens is 352 g/mol. The van der Waals surface area contributed by atoms with E-state index >= 15 is 0 Å². The molecule has 0 amide bonds. The molecule has 0 radical (unpaired) electrons. The second-order valence-corrected chi connectivity index (χ2v) is 8.31. The highest BCUT2D eigenvalue weighted by Gasteiger charge is 2.32. The van der Waals surface area contributed by atoms with Crippen molar-refractivity contribution in [2.24, 2.45) is 17.8 Å². The summed E-state index contributed by atoms with van der Waals surface area (Å²) in [6.07, 6.45) is 10.00. The summed E-state index contributed by atoms with van der Waals surface area (Å²) in [4.78, 5) is 0. The Balaban J connectivity index is 1.45. The lowest BCUT2D eigenvalue weighted by Crippen LogP contribution is -2.25. The highest BCUT2D eigenvalue weighted by molar-refractivity contribution is 5.27. The minimum absolute atomic E-state index is 0.270. The zero-order chi connectivity index (χ0) is 19.3. The van der Waals surface area contributed by atoms with Gasteiger partial charge in [0.15, 0.2) is 0 Å². The molecule has 0 bridgehead atoms. The van der Waals surface area contributed by atoms with Gasteiger partial charge >= 0.3 is 6.18 Å². The molecule has 2 aliphatic rings. The Morgan fingerprint density at radius 2 is 1.37 bits per heavy atom. The number of hydrogen-bond donors (Lipinski definition) is 0. The molecule has 2 aliphatic carbocycles. The van der Waals surface area contributed by atoms with Crippen LogP contribution < -0.4 is 0 Å². The number of rotatable bonds is 5. The number of benzene rings is 1. The molecule has 0 spiro atoms. The van der Waals surface area contributed by atoms with Crippen molar-refractivity contribution in [1.29, 1.82) is 0 Å². The predicted molar refractivity (Wildman–Crippen MR) is 101 cm³/mol. The second-order valence-electron chi connectivity index (χ2n) is 8.31. The molecule has 0 aromatic heterocycles. The summed E-state index contributed by atoms with van der Waals surface area (Å²) in [6.45, 7) is -0.270. The fourth-order valence-corrected chi connectivity index (χ4v) is 5.03. The SMILES string of the molecule is FCC/C=C/C1CCC(C2CCC(c3ccc(C(F)(F)F)cc3)CC2)CC1. The van der Waals surface area contributed by atoms with Gasteiger partial charge in [-0.15, -0.1) is 0 Å². The first-order valence-electron chi connectivity index (χ1n) is 10.4. The molecule has 4 heteroatoms. The van der Waals surface area contributed by atoms with Gasteiger partial charge in [0, 0.05) is 0 Å². The van der Waals surface area contributed by atoms with Crippen molar-refractivity contribution in [2.75, 3.05) is 6.67 Å². The number of allylic oxidation sites excluding steroid dienone is 2. The first-order chi connectivity index (χ1) is 13.0. The van der Waals surface area contributed by atoms with E-state index in [1.165, 1.54) is 50.7 Å². The molecule has 0 saturated heterocycles. The number of alkyl halides is 4. The van der Waals surface area contributed by atoms with E-state index in [0.29, 0.717) is 18.3 Å². The summed E-state index contributed by atoms with van der Waals surface area (Å²) < 4.78 is 50.3. The first kappa shape index (κ1) is 20.4. The summed E-state index contributed by atoms with van der Waals surface area (Å²) in [5.41, 5.74) is 0.500. The Kier molecular flexibility index (Phi) is 6.99. The Morgan fingerprint density at radius 1 is 0.815 bits per heavy atom. The molecule has 1 aromatic carbocycles.